The van der Waals surface area contributed by atoms with Crippen LogP contribution < -0.4 is 5.90 Å². The molecule has 0 aromatic carbocycles. The minimum Gasteiger partial charge on any atom is -0.479 e. The summed E-state index contributed by atoms with van der Waals surface area (Å²) in [5.74, 6) is -1.33. The van der Waals surface area contributed by atoms with Crippen LogP contribution in [0.1, 0.15) is 0 Å². The van der Waals surface area contributed by atoms with Crippen LogP contribution in [-0.2, 0) is 62.2 Å². The Balaban J connectivity index is 1.36. The Labute approximate surface area is 276 Å². The van der Waals surface area contributed by atoms with E-state index in [1.807, 2.05) is 0 Å². The van der Waals surface area contributed by atoms with Crippen LogP contribution in [0.4, 0.5) is 0 Å². The summed E-state index contributed by atoms with van der Waals surface area (Å²) < 4.78 is 37.0. The maximum atomic E-state index is 12.3. The summed E-state index contributed by atoms with van der Waals surface area (Å²) in [6.07, 6.45) is -42.3. The van der Waals surface area contributed by atoms with Crippen LogP contribution in [0.5, 0.6) is 0 Å². The summed E-state index contributed by atoms with van der Waals surface area (Å²) in [5.41, 5.74) is 0. The Morgan fingerprint density at radius 1 is 0.580 bits per heavy atom. The van der Waals surface area contributed by atoms with E-state index in [-0.39, 0.29) is 0 Å². The van der Waals surface area contributed by atoms with Crippen molar-refractivity contribution in [2.24, 2.45) is 5.90 Å². The molecule has 26 nitrogen and oxygen atoms in total. The van der Waals surface area contributed by atoms with Crippen molar-refractivity contribution in [1.29, 1.82) is 0 Å². The summed E-state index contributed by atoms with van der Waals surface area (Å²) >= 11 is 0. The van der Waals surface area contributed by atoms with E-state index in [9.17, 15) is 75.3 Å². The van der Waals surface area contributed by atoms with Crippen molar-refractivity contribution in [2.45, 2.75) is 123 Å². The van der Waals surface area contributed by atoms with Gasteiger partial charge in [0.1, 0.15) is 67.1 Å². The maximum absolute atomic E-state index is 12.3. The van der Waals surface area contributed by atoms with Gasteiger partial charge < -0.3 is 94.1 Å². The van der Waals surface area contributed by atoms with Crippen molar-refractivity contribution in [3.05, 3.63) is 0 Å². The molecule has 0 saturated carbocycles. The van der Waals surface area contributed by atoms with Crippen molar-refractivity contribution in [1.82, 2.24) is 0 Å². The summed E-state index contributed by atoms with van der Waals surface area (Å²) in [6.45, 7) is 0. The van der Waals surface area contributed by atoms with E-state index in [0.29, 0.717) is 0 Å². The number of ether oxygens (including phenoxy) is 7. The van der Waals surface area contributed by atoms with Crippen LogP contribution in [0.15, 0.2) is 0 Å². The predicted octanol–water partition coefficient (Wildman–Crippen LogP) is -9.09. The molecular weight excluding hydrogens is 702 g/mol. The standard InChI is InChI=1S/C24H33NO25/c25-48-12-11(45-22-6(31)1(26)2(27)10(44-22)17(33)34)14(19(37)38)46-24-16(12)49-50-21(40)15-9(43-24)4(29)7(32)23(47-15)42-8-3(28)5(30)20(39)41-13(8)18(35)36/h1-16,20,22-24,26-32,39H,25H2,(H,33,34)(H,35,36)(H,37,38)/p+1/t1-,2-,3+,4+,5-,6-,7-,8-,9-,10-,11-,12-,13-,14-,15-,16-,20+,22-,23+,24+/m0/s1. The minimum atomic E-state index is -2.24. The summed E-state index contributed by atoms with van der Waals surface area (Å²) in [5, 5.41) is 111. The van der Waals surface area contributed by atoms with Crippen LogP contribution in [-0.4, -0.2) is 208 Å². The monoisotopic (exact) mass is 736 g/mol. The fourth-order valence-corrected chi connectivity index (χ4v) is 5.81. The maximum Gasteiger partial charge on any atom is 0.560 e. The van der Waals surface area contributed by atoms with Gasteiger partial charge in [0, 0.05) is 0 Å². The molecule has 50 heavy (non-hydrogen) atoms. The first kappa shape index (κ1) is 38.4. The molecule has 0 spiro atoms. The largest absolute Gasteiger partial charge is 0.560 e. The highest BCUT2D eigenvalue weighted by molar-refractivity contribution is 5.77. The molecule has 5 fully saturated rings. The number of carboxylic acid groups (broad SMARTS) is 3. The molecule has 0 aromatic rings. The van der Waals surface area contributed by atoms with Crippen molar-refractivity contribution < 1.29 is 123 Å². The average Bonchev–Trinajstić information content (AvgIpc) is 3.06. The number of nitrogens with two attached hydrogens (primary N) is 1. The van der Waals surface area contributed by atoms with Gasteiger partial charge >= 0.3 is 23.9 Å². The van der Waals surface area contributed by atoms with Gasteiger partial charge in [-0.2, -0.15) is 0 Å². The zero-order valence-electron chi connectivity index (χ0n) is 24.8. The van der Waals surface area contributed by atoms with Gasteiger partial charge in [-0.05, 0) is 0 Å². The quantitative estimate of drug-likeness (QED) is 0.0625. The third-order valence-corrected chi connectivity index (χ3v) is 8.42. The molecule has 5 aliphatic heterocycles. The Kier molecular flexibility index (Phi) is 11.5. The smallest absolute Gasteiger partial charge is 0.479 e. The van der Waals surface area contributed by atoms with Gasteiger partial charge in [0.2, 0.25) is 12.2 Å². The Morgan fingerprint density at radius 3 is 1.74 bits per heavy atom. The van der Waals surface area contributed by atoms with Crippen LogP contribution >= 0.6 is 0 Å². The Morgan fingerprint density at radius 2 is 1.14 bits per heavy atom. The van der Waals surface area contributed by atoms with Gasteiger partial charge in [-0.1, -0.05) is 4.89 Å². The molecule has 0 bridgehead atoms. The van der Waals surface area contributed by atoms with Crippen molar-refractivity contribution in [3.63, 3.8) is 0 Å². The number of carbonyl (C=O) groups excluding carboxylic acids is 1. The highest BCUT2D eigenvalue weighted by Gasteiger charge is 2.63. The summed E-state index contributed by atoms with van der Waals surface area (Å²) in [6, 6.07) is 0. The topological polar surface area (TPSA) is 413 Å². The van der Waals surface area contributed by atoms with E-state index in [2.05, 4.69) is 0 Å². The number of carboxylic acids is 3. The molecule has 0 aliphatic carbocycles. The lowest BCUT2D eigenvalue weighted by atomic mass is 9.95. The molecule has 5 rings (SSSR count). The zero-order chi connectivity index (χ0) is 36.9. The van der Waals surface area contributed by atoms with Gasteiger partial charge in [-0.25, -0.2) is 20.3 Å². The average molecular weight is 737 g/mol. The summed E-state index contributed by atoms with van der Waals surface area (Å²) in [7, 11) is 0. The third-order valence-electron chi connectivity index (χ3n) is 8.42. The van der Waals surface area contributed by atoms with Gasteiger partial charge in [0.15, 0.2) is 43.5 Å². The molecule has 5 saturated heterocycles. The minimum absolute atomic E-state index is 1.29. The molecule has 14 N–H and O–H groups in total. The first-order chi connectivity index (χ1) is 23.5. The first-order valence-electron chi connectivity index (χ1n) is 14.4. The lowest BCUT2D eigenvalue weighted by molar-refractivity contribution is -0.426. The fraction of sp³-hybridized carbons (Fsp3) is 0.833. The Hall–Kier alpha value is -2.84. The molecule has 5 aliphatic rings. The number of fused-ring (bicyclic) bond motifs is 2. The number of aliphatic hydroxyl groups excluding tert-OH is 8. The van der Waals surface area contributed by atoms with E-state index in [4.69, 9.17) is 53.7 Å². The number of aliphatic carboxylic acids is 3. The Bertz CT molecular complexity index is 1270. The number of hydrogen-bond donors (Lipinski definition) is 12. The SMILES string of the molecule is NO[C@@H]1[C@@H]2OOC(=[OH+])[C@H]3O[C@@H](O[C@H]4[C@H](O)[C@H](O)[C@H](O)O[C@@H]4C(=O)O)[C@@H](O)[C@@H](O)[C@@H]3O[C@@H]2O[C@H](C(=O)O)[C@H]1O[C@@H]1O[C@H](C(=O)O)[C@@H](O)[C@H](O)[C@@H]1O. The second-order valence-electron chi connectivity index (χ2n) is 11.6. The normalized spacial score (nSPS) is 49.7. The lowest BCUT2D eigenvalue weighted by Gasteiger charge is -2.48. The van der Waals surface area contributed by atoms with Crippen LogP contribution in [0.25, 0.3) is 0 Å². The van der Waals surface area contributed by atoms with E-state index in [1.165, 1.54) is 0 Å². The highest BCUT2D eigenvalue weighted by Crippen LogP contribution is 2.37. The van der Waals surface area contributed by atoms with Crippen molar-refractivity contribution >= 4 is 23.9 Å². The van der Waals surface area contributed by atoms with Crippen LogP contribution in [0.2, 0.25) is 0 Å². The van der Waals surface area contributed by atoms with Crippen LogP contribution in [0.3, 0.4) is 0 Å². The number of hydrogen-bond acceptors (Lipinski definition) is 22. The molecule has 5 heterocycles. The second-order valence-corrected chi connectivity index (χ2v) is 11.6. The second kappa shape index (κ2) is 15.0. The van der Waals surface area contributed by atoms with Crippen molar-refractivity contribution in [3.8, 4) is 0 Å². The van der Waals surface area contributed by atoms with E-state index in [1.54, 1.807) is 0 Å². The predicted molar refractivity (Wildman–Crippen MR) is 138 cm³/mol. The van der Waals surface area contributed by atoms with Crippen molar-refractivity contribution in [2.75, 3.05) is 0 Å². The third kappa shape index (κ3) is 7.00. The van der Waals surface area contributed by atoms with Gasteiger partial charge in [0.25, 0.3) is 0 Å². The molecule has 0 aromatic heterocycles. The van der Waals surface area contributed by atoms with E-state index >= 15 is 0 Å². The van der Waals surface area contributed by atoms with Gasteiger partial charge in [0.05, 0.1) is 0 Å². The molecule has 0 amide bonds. The first-order valence-corrected chi connectivity index (χ1v) is 14.4. The van der Waals surface area contributed by atoms with E-state index < -0.39 is 147 Å². The highest BCUT2D eigenvalue weighted by atomic mass is 17.2. The van der Waals surface area contributed by atoms with Crippen LogP contribution in [0, 0.1) is 0 Å². The number of carbonyl (C=O) groups is 3. The van der Waals surface area contributed by atoms with Gasteiger partial charge in [-0.3, -0.25) is 4.84 Å². The lowest BCUT2D eigenvalue weighted by Crippen LogP contribution is -2.70. The van der Waals surface area contributed by atoms with Gasteiger partial charge in [-0.15, -0.1) is 4.89 Å². The van der Waals surface area contributed by atoms with E-state index in [0.717, 1.165) is 0 Å². The molecular formula is C24H34NO25+. The molecule has 284 valence electrons. The molecule has 26 heteroatoms. The summed E-state index contributed by atoms with van der Waals surface area (Å²) in [4.78, 5) is 60.9. The molecule has 0 unspecified atom stereocenters. The fourth-order valence-electron chi connectivity index (χ4n) is 5.81. The zero-order valence-corrected chi connectivity index (χ0v) is 24.8. The molecule has 0 radical (unpaired) electrons. The molecule has 20 atom stereocenters. The number of aliphatic hydroxyl groups is 8. The number of rotatable bonds is 8.